The van der Waals surface area contributed by atoms with Gasteiger partial charge in [0, 0.05) is 12.6 Å². The van der Waals surface area contributed by atoms with E-state index in [4.69, 9.17) is 11.2 Å². The molecule has 1 rings (SSSR count). The molecule has 64 valence electrons. The quantitative estimate of drug-likeness (QED) is 0.623. The molecule has 3 nitrogen and oxygen atoms in total. The maximum atomic E-state index is 5.31. The van der Waals surface area contributed by atoms with Gasteiger partial charge < -0.3 is 4.74 Å². The molecule has 0 spiro atoms. The van der Waals surface area contributed by atoms with E-state index >= 15 is 0 Å². The van der Waals surface area contributed by atoms with Crippen LogP contribution in [0.3, 0.4) is 0 Å². The number of rotatable bonds is 3. The fraction of sp³-hybridized carbons (Fsp3) is 0.444. The molecule has 0 atom stereocenters. The fourth-order valence-electron chi connectivity index (χ4n) is 1.01. The first kappa shape index (κ1) is 8.66. The molecular weight excluding hydrogens is 152 g/mol. The number of hydrogen-bond donors (Lipinski definition) is 0. The van der Waals surface area contributed by atoms with Crippen molar-refractivity contribution in [3.63, 3.8) is 0 Å². The van der Waals surface area contributed by atoms with E-state index < -0.39 is 0 Å². The lowest BCUT2D eigenvalue weighted by molar-refractivity contribution is 0.332. The monoisotopic (exact) mass is 164 g/mol. The van der Waals surface area contributed by atoms with Gasteiger partial charge in [-0.3, -0.25) is 0 Å². The van der Waals surface area contributed by atoms with Gasteiger partial charge in [0.2, 0.25) is 5.88 Å². The van der Waals surface area contributed by atoms with E-state index in [-0.39, 0.29) is 0 Å². The van der Waals surface area contributed by atoms with Crippen molar-refractivity contribution in [3.05, 3.63) is 11.8 Å². The van der Waals surface area contributed by atoms with Crippen molar-refractivity contribution >= 4 is 0 Å². The molecule has 0 saturated heterocycles. The Morgan fingerprint density at radius 2 is 2.50 bits per heavy atom. The van der Waals surface area contributed by atoms with Gasteiger partial charge in [-0.15, -0.1) is 6.42 Å². The number of terminal acetylenes is 1. The van der Waals surface area contributed by atoms with Gasteiger partial charge in [-0.05, 0) is 6.42 Å². The Morgan fingerprint density at radius 3 is 3.08 bits per heavy atom. The molecule has 0 aliphatic carbocycles. The van der Waals surface area contributed by atoms with Crippen molar-refractivity contribution in [3.8, 4) is 18.2 Å². The highest BCUT2D eigenvalue weighted by Crippen LogP contribution is 2.16. The number of nitrogens with zero attached hydrogens (tertiary/aromatic N) is 2. The van der Waals surface area contributed by atoms with E-state index in [1.165, 1.54) is 0 Å². The molecule has 1 aromatic rings. The van der Waals surface area contributed by atoms with Crippen LogP contribution >= 0.6 is 0 Å². The predicted molar refractivity (Wildman–Crippen MR) is 46.9 cm³/mol. The summed E-state index contributed by atoms with van der Waals surface area (Å²) >= 11 is 0. The summed E-state index contributed by atoms with van der Waals surface area (Å²) in [7, 11) is 1.84. The lowest BCUT2D eigenvalue weighted by Crippen LogP contribution is -2.01. The zero-order valence-electron chi connectivity index (χ0n) is 7.37. The van der Waals surface area contributed by atoms with Crippen molar-refractivity contribution in [2.24, 2.45) is 7.05 Å². The summed E-state index contributed by atoms with van der Waals surface area (Å²) in [5.74, 6) is 3.19. The van der Waals surface area contributed by atoms with Crippen LogP contribution in [0.4, 0.5) is 0 Å². The number of ether oxygens (including phenoxy) is 1. The van der Waals surface area contributed by atoms with Crippen LogP contribution in [-0.4, -0.2) is 16.4 Å². The highest BCUT2D eigenvalue weighted by atomic mass is 16.5. The van der Waals surface area contributed by atoms with Crippen LogP contribution in [-0.2, 0) is 13.5 Å². The van der Waals surface area contributed by atoms with Crippen LogP contribution < -0.4 is 4.74 Å². The molecule has 0 saturated carbocycles. The van der Waals surface area contributed by atoms with Crippen molar-refractivity contribution in [2.75, 3.05) is 6.61 Å². The normalized spacial score (nSPS) is 9.42. The standard InChI is InChI=1S/C9H12N2O/c1-4-6-12-9-8(5-2)7-10-11(9)3/h1,7H,5-6H2,2-3H3. The minimum absolute atomic E-state index is 0.298. The Balaban J connectivity index is 2.81. The molecule has 0 unspecified atom stereocenters. The van der Waals surface area contributed by atoms with E-state index in [1.54, 1.807) is 10.9 Å². The molecule has 0 aliphatic rings. The third kappa shape index (κ3) is 1.59. The minimum Gasteiger partial charge on any atom is -0.464 e. The van der Waals surface area contributed by atoms with E-state index in [9.17, 15) is 0 Å². The van der Waals surface area contributed by atoms with Gasteiger partial charge in [-0.2, -0.15) is 5.10 Å². The highest BCUT2D eigenvalue weighted by molar-refractivity contribution is 5.24. The average Bonchev–Trinajstić information content (AvgIpc) is 2.43. The van der Waals surface area contributed by atoms with Crippen molar-refractivity contribution in [1.82, 2.24) is 9.78 Å². The largest absolute Gasteiger partial charge is 0.464 e. The molecular formula is C9H12N2O. The maximum absolute atomic E-state index is 5.31. The fourth-order valence-corrected chi connectivity index (χ4v) is 1.01. The number of hydrogen-bond acceptors (Lipinski definition) is 2. The first-order valence-corrected chi connectivity index (χ1v) is 3.86. The Morgan fingerprint density at radius 1 is 1.75 bits per heavy atom. The second kappa shape index (κ2) is 3.82. The zero-order valence-corrected chi connectivity index (χ0v) is 7.37. The van der Waals surface area contributed by atoms with Crippen molar-refractivity contribution < 1.29 is 4.74 Å². The second-order valence-corrected chi connectivity index (χ2v) is 2.44. The van der Waals surface area contributed by atoms with Gasteiger partial charge in [0.05, 0.1) is 6.20 Å². The minimum atomic E-state index is 0.298. The lowest BCUT2D eigenvalue weighted by atomic mass is 10.3. The van der Waals surface area contributed by atoms with Gasteiger partial charge >= 0.3 is 0 Å². The predicted octanol–water partition coefficient (Wildman–Crippen LogP) is 0.994. The van der Waals surface area contributed by atoms with Gasteiger partial charge in [-0.25, -0.2) is 4.68 Å². The summed E-state index contributed by atoms with van der Waals surface area (Å²) in [5.41, 5.74) is 1.09. The van der Waals surface area contributed by atoms with Gasteiger partial charge in [0.25, 0.3) is 0 Å². The smallest absolute Gasteiger partial charge is 0.215 e. The summed E-state index contributed by atoms with van der Waals surface area (Å²) in [4.78, 5) is 0. The van der Waals surface area contributed by atoms with E-state index in [1.807, 2.05) is 7.05 Å². The zero-order chi connectivity index (χ0) is 8.97. The van der Waals surface area contributed by atoms with Gasteiger partial charge in [0.1, 0.15) is 0 Å². The molecule has 0 bridgehead atoms. The van der Waals surface area contributed by atoms with Crippen LogP contribution in [0.25, 0.3) is 0 Å². The average molecular weight is 164 g/mol. The van der Waals surface area contributed by atoms with Crippen molar-refractivity contribution in [1.29, 1.82) is 0 Å². The first-order chi connectivity index (χ1) is 5.79. The Hall–Kier alpha value is -1.43. The number of aryl methyl sites for hydroxylation is 2. The molecule has 1 aromatic heterocycles. The molecule has 0 aromatic carbocycles. The lowest BCUT2D eigenvalue weighted by Gasteiger charge is -2.03. The van der Waals surface area contributed by atoms with Crippen LogP contribution in [0.1, 0.15) is 12.5 Å². The third-order valence-electron chi connectivity index (χ3n) is 1.63. The molecule has 0 radical (unpaired) electrons. The van der Waals surface area contributed by atoms with E-state index in [2.05, 4.69) is 17.9 Å². The first-order valence-electron chi connectivity index (χ1n) is 3.86. The Labute approximate surface area is 72.3 Å². The summed E-state index contributed by atoms with van der Waals surface area (Å²) in [6.07, 6.45) is 7.79. The molecule has 0 amide bonds. The maximum Gasteiger partial charge on any atom is 0.215 e. The third-order valence-corrected chi connectivity index (χ3v) is 1.63. The highest BCUT2D eigenvalue weighted by Gasteiger charge is 2.06. The second-order valence-electron chi connectivity index (χ2n) is 2.44. The summed E-state index contributed by atoms with van der Waals surface area (Å²) in [5, 5.41) is 4.06. The van der Waals surface area contributed by atoms with Crippen LogP contribution in [0.2, 0.25) is 0 Å². The summed E-state index contributed by atoms with van der Waals surface area (Å²) in [6.45, 7) is 2.35. The Kier molecular flexibility index (Phi) is 2.76. The van der Waals surface area contributed by atoms with Crippen LogP contribution in [0, 0.1) is 12.3 Å². The molecule has 12 heavy (non-hydrogen) atoms. The molecule has 3 heteroatoms. The molecule has 1 heterocycles. The SMILES string of the molecule is C#CCOc1c(CC)cnn1C. The molecule has 0 fully saturated rings. The van der Waals surface area contributed by atoms with E-state index in [0.29, 0.717) is 6.61 Å². The van der Waals surface area contributed by atoms with Crippen LogP contribution in [0.15, 0.2) is 6.20 Å². The number of aromatic nitrogens is 2. The van der Waals surface area contributed by atoms with Gasteiger partial charge in [0.15, 0.2) is 6.61 Å². The topological polar surface area (TPSA) is 27.1 Å². The molecule has 0 aliphatic heterocycles. The Bertz CT molecular complexity index is 296. The van der Waals surface area contributed by atoms with Crippen LogP contribution in [0.5, 0.6) is 5.88 Å². The summed E-state index contributed by atoms with van der Waals surface area (Å²) < 4.78 is 7.00. The summed E-state index contributed by atoms with van der Waals surface area (Å²) in [6, 6.07) is 0. The molecule has 0 N–H and O–H groups in total. The van der Waals surface area contributed by atoms with E-state index in [0.717, 1.165) is 17.9 Å². The van der Waals surface area contributed by atoms with Crippen molar-refractivity contribution in [2.45, 2.75) is 13.3 Å². The van der Waals surface area contributed by atoms with Gasteiger partial charge in [-0.1, -0.05) is 12.8 Å².